The number of aromatic nitrogens is 1. The summed E-state index contributed by atoms with van der Waals surface area (Å²) in [5.41, 5.74) is 0.359. The minimum atomic E-state index is -4.35. The molecule has 2 rings (SSSR count). The van der Waals surface area contributed by atoms with Crippen molar-refractivity contribution >= 4 is 0 Å². The zero-order valence-corrected chi connectivity index (χ0v) is 10.3. The van der Waals surface area contributed by atoms with Crippen LogP contribution in [0.1, 0.15) is 29.7 Å². The van der Waals surface area contributed by atoms with Crippen molar-refractivity contribution < 1.29 is 13.2 Å². The molecule has 100 valence electrons. The van der Waals surface area contributed by atoms with E-state index in [1.54, 1.807) is 6.07 Å². The zero-order valence-electron chi connectivity index (χ0n) is 10.3. The molecule has 1 aliphatic heterocycles. The lowest BCUT2D eigenvalue weighted by atomic mass is 9.91. The molecule has 1 saturated heterocycles. The van der Waals surface area contributed by atoms with Gasteiger partial charge in [0.1, 0.15) is 5.69 Å². The van der Waals surface area contributed by atoms with Crippen LogP contribution in [-0.4, -0.2) is 18.1 Å². The van der Waals surface area contributed by atoms with Crippen molar-refractivity contribution in [3.63, 3.8) is 0 Å². The van der Waals surface area contributed by atoms with E-state index < -0.39 is 11.9 Å². The van der Waals surface area contributed by atoms with Crippen LogP contribution in [0.25, 0.3) is 0 Å². The van der Waals surface area contributed by atoms with Gasteiger partial charge in [0.05, 0.1) is 0 Å². The molecule has 0 radical (unpaired) electrons. The number of alkyl halides is 3. The van der Waals surface area contributed by atoms with E-state index in [4.69, 9.17) is 0 Å². The van der Waals surface area contributed by atoms with Crippen molar-refractivity contribution in [1.82, 2.24) is 10.3 Å². The van der Waals surface area contributed by atoms with E-state index in [1.165, 1.54) is 13.1 Å². The minimum absolute atomic E-state index is 0.217. The maximum absolute atomic E-state index is 12.6. The Kier molecular flexibility index (Phi) is 3.90. The molecule has 0 bridgehead atoms. The fourth-order valence-corrected chi connectivity index (χ4v) is 2.46. The lowest BCUT2D eigenvalue weighted by Gasteiger charge is -2.22. The second-order valence-corrected chi connectivity index (χ2v) is 4.90. The zero-order chi connectivity index (χ0) is 13.2. The number of aryl methyl sites for hydroxylation is 1. The number of hydrogen-bond acceptors (Lipinski definition) is 2. The van der Waals surface area contributed by atoms with E-state index in [2.05, 4.69) is 10.3 Å². The third-order valence-corrected chi connectivity index (χ3v) is 3.39. The molecule has 0 aromatic carbocycles. The van der Waals surface area contributed by atoms with E-state index in [0.717, 1.165) is 37.9 Å². The number of nitrogens with one attached hydrogen (secondary N) is 1. The second kappa shape index (κ2) is 5.26. The van der Waals surface area contributed by atoms with Gasteiger partial charge in [-0.3, -0.25) is 4.98 Å². The van der Waals surface area contributed by atoms with Gasteiger partial charge < -0.3 is 5.32 Å². The van der Waals surface area contributed by atoms with Gasteiger partial charge in [-0.1, -0.05) is 6.07 Å². The maximum atomic E-state index is 12.6. The normalized spacial score (nSPS) is 18.0. The molecule has 0 atom stereocenters. The summed E-state index contributed by atoms with van der Waals surface area (Å²) in [7, 11) is 0. The van der Waals surface area contributed by atoms with Gasteiger partial charge in [0.25, 0.3) is 0 Å². The average molecular weight is 258 g/mol. The number of pyridine rings is 1. The Morgan fingerprint density at radius 3 is 2.56 bits per heavy atom. The van der Waals surface area contributed by atoms with Gasteiger partial charge in [0, 0.05) is 6.20 Å². The summed E-state index contributed by atoms with van der Waals surface area (Å²) in [6.07, 6.45) is 0.0169. The summed E-state index contributed by atoms with van der Waals surface area (Å²) in [6.45, 7) is 3.47. The first-order valence-electron chi connectivity index (χ1n) is 6.20. The number of piperidine rings is 1. The largest absolute Gasteiger partial charge is 0.433 e. The number of hydrogen-bond donors (Lipinski definition) is 1. The van der Waals surface area contributed by atoms with Gasteiger partial charge in [-0.05, 0) is 56.3 Å². The van der Waals surface area contributed by atoms with E-state index >= 15 is 0 Å². The fourth-order valence-electron chi connectivity index (χ4n) is 2.46. The number of halogens is 3. The van der Waals surface area contributed by atoms with Crippen LogP contribution in [0.4, 0.5) is 13.2 Å². The van der Waals surface area contributed by atoms with E-state index in [-0.39, 0.29) is 5.56 Å². The number of rotatable bonds is 2. The lowest BCUT2D eigenvalue weighted by Crippen LogP contribution is -2.28. The highest BCUT2D eigenvalue weighted by atomic mass is 19.4. The predicted molar refractivity (Wildman–Crippen MR) is 63.3 cm³/mol. The van der Waals surface area contributed by atoms with E-state index in [1.807, 2.05) is 0 Å². The quantitative estimate of drug-likeness (QED) is 0.882. The molecular weight excluding hydrogens is 241 g/mol. The third kappa shape index (κ3) is 3.22. The Morgan fingerprint density at radius 2 is 2.00 bits per heavy atom. The van der Waals surface area contributed by atoms with Crippen LogP contribution in [0.2, 0.25) is 0 Å². The molecule has 0 unspecified atom stereocenters. The predicted octanol–water partition coefficient (Wildman–Crippen LogP) is 2.95. The van der Waals surface area contributed by atoms with Crippen LogP contribution in [0, 0.1) is 12.8 Å². The topological polar surface area (TPSA) is 24.9 Å². The molecule has 0 spiro atoms. The Morgan fingerprint density at radius 1 is 1.33 bits per heavy atom. The van der Waals surface area contributed by atoms with Gasteiger partial charge in [-0.2, -0.15) is 13.2 Å². The van der Waals surface area contributed by atoms with Gasteiger partial charge in [0.2, 0.25) is 0 Å². The van der Waals surface area contributed by atoms with Crippen molar-refractivity contribution in [3.05, 3.63) is 29.1 Å². The van der Waals surface area contributed by atoms with Crippen molar-refractivity contribution in [1.29, 1.82) is 0 Å². The first-order chi connectivity index (χ1) is 8.47. The van der Waals surface area contributed by atoms with Crippen LogP contribution in [0.5, 0.6) is 0 Å². The second-order valence-electron chi connectivity index (χ2n) is 4.90. The standard InChI is InChI=1S/C13H17F3N2/c1-9-6-11(7-10-2-4-17-5-3-10)8-18-12(9)13(14,15)16/h6,8,10,17H,2-5,7H2,1H3. The highest BCUT2D eigenvalue weighted by Crippen LogP contribution is 2.30. The van der Waals surface area contributed by atoms with Gasteiger partial charge >= 0.3 is 6.18 Å². The first-order valence-corrected chi connectivity index (χ1v) is 6.20. The summed E-state index contributed by atoms with van der Waals surface area (Å²) >= 11 is 0. The van der Waals surface area contributed by atoms with Gasteiger partial charge in [-0.25, -0.2) is 0 Å². The Labute approximate surface area is 105 Å². The third-order valence-electron chi connectivity index (χ3n) is 3.39. The van der Waals surface area contributed by atoms with Gasteiger partial charge in [0.15, 0.2) is 0 Å². The highest BCUT2D eigenvalue weighted by molar-refractivity contribution is 5.26. The molecule has 0 saturated carbocycles. The molecule has 1 aromatic rings. The monoisotopic (exact) mass is 258 g/mol. The van der Waals surface area contributed by atoms with Crippen molar-refractivity contribution in [2.75, 3.05) is 13.1 Å². The minimum Gasteiger partial charge on any atom is -0.317 e. The fraction of sp³-hybridized carbons (Fsp3) is 0.615. The molecule has 5 heteroatoms. The molecule has 2 nitrogen and oxygen atoms in total. The average Bonchev–Trinajstić information content (AvgIpc) is 2.28. The van der Waals surface area contributed by atoms with Crippen molar-refractivity contribution in [2.45, 2.75) is 32.4 Å². The maximum Gasteiger partial charge on any atom is 0.433 e. The molecule has 2 heterocycles. The summed E-state index contributed by atoms with van der Waals surface area (Å²) in [6, 6.07) is 1.62. The van der Waals surface area contributed by atoms with Crippen LogP contribution in [0.15, 0.2) is 12.3 Å². The van der Waals surface area contributed by atoms with E-state index in [9.17, 15) is 13.2 Å². The molecule has 1 fully saturated rings. The van der Waals surface area contributed by atoms with Crippen LogP contribution < -0.4 is 5.32 Å². The molecule has 1 aromatic heterocycles. The molecular formula is C13H17F3N2. The Hall–Kier alpha value is -1.10. The summed E-state index contributed by atoms with van der Waals surface area (Å²) < 4.78 is 37.7. The Bertz CT molecular complexity index is 409. The van der Waals surface area contributed by atoms with E-state index in [0.29, 0.717) is 5.92 Å². The molecule has 1 N–H and O–H groups in total. The van der Waals surface area contributed by atoms with Crippen molar-refractivity contribution in [2.24, 2.45) is 5.92 Å². The van der Waals surface area contributed by atoms with Crippen molar-refractivity contribution in [3.8, 4) is 0 Å². The summed E-state index contributed by atoms with van der Waals surface area (Å²) in [4.78, 5) is 3.57. The first kappa shape index (κ1) is 13.3. The van der Waals surface area contributed by atoms with Crippen LogP contribution in [-0.2, 0) is 12.6 Å². The van der Waals surface area contributed by atoms with Crippen LogP contribution in [0.3, 0.4) is 0 Å². The van der Waals surface area contributed by atoms with Crippen LogP contribution >= 0.6 is 0 Å². The molecule has 0 amide bonds. The SMILES string of the molecule is Cc1cc(CC2CCNCC2)cnc1C(F)(F)F. The Balaban J connectivity index is 2.08. The molecule has 0 aliphatic carbocycles. The summed E-state index contributed by atoms with van der Waals surface area (Å²) in [5.74, 6) is 0.559. The molecule has 1 aliphatic rings. The number of nitrogens with zero attached hydrogens (tertiary/aromatic N) is 1. The molecule has 18 heavy (non-hydrogen) atoms. The smallest absolute Gasteiger partial charge is 0.317 e. The lowest BCUT2D eigenvalue weighted by molar-refractivity contribution is -0.141. The van der Waals surface area contributed by atoms with Gasteiger partial charge in [-0.15, -0.1) is 0 Å². The summed E-state index contributed by atoms with van der Waals surface area (Å²) in [5, 5.41) is 3.28. The highest BCUT2D eigenvalue weighted by Gasteiger charge is 2.34.